The molecule has 1 N–H and O–H groups in total. The number of carbonyl (C=O) groups excluding carboxylic acids is 1. The zero-order chi connectivity index (χ0) is 14.4. The Bertz CT molecular complexity index is 416. The summed E-state index contributed by atoms with van der Waals surface area (Å²) in [6.45, 7) is 6.94. The molecule has 110 valence electrons. The van der Waals surface area contributed by atoms with Gasteiger partial charge in [0.2, 0.25) is 0 Å². The van der Waals surface area contributed by atoms with Gasteiger partial charge in [-0.3, -0.25) is 0 Å². The molecule has 0 aliphatic carbocycles. The predicted octanol–water partition coefficient (Wildman–Crippen LogP) is 3.80. The van der Waals surface area contributed by atoms with Crippen molar-refractivity contribution in [1.82, 2.24) is 10.2 Å². The minimum Gasteiger partial charge on any atom is -0.334 e. The highest BCUT2D eigenvalue weighted by atomic mass is 16.2. The number of carbonyl (C=O) groups is 1. The van der Waals surface area contributed by atoms with E-state index in [1.54, 1.807) is 0 Å². The van der Waals surface area contributed by atoms with Crippen molar-refractivity contribution < 1.29 is 4.79 Å². The highest BCUT2D eigenvalue weighted by Crippen LogP contribution is 2.37. The number of urea groups is 1. The zero-order valence-electron chi connectivity index (χ0n) is 12.7. The van der Waals surface area contributed by atoms with Crippen LogP contribution in [0, 0.1) is 5.41 Å². The minimum absolute atomic E-state index is 0.0784. The second kappa shape index (κ2) is 6.78. The molecule has 0 spiro atoms. The van der Waals surface area contributed by atoms with E-state index in [1.165, 1.54) is 12.8 Å². The van der Waals surface area contributed by atoms with Crippen LogP contribution in [-0.2, 0) is 6.54 Å². The molecule has 3 nitrogen and oxygen atoms in total. The fraction of sp³-hybridized carbons (Fsp3) is 0.588. The monoisotopic (exact) mass is 274 g/mol. The summed E-state index contributed by atoms with van der Waals surface area (Å²) in [5.41, 5.74) is 1.62. The lowest BCUT2D eigenvalue weighted by molar-refractivity contribution is 0.109. The van der Waals surface area contributed by atoms with E-state index >= 15 is 0 Å². The van der Waals surface area contributed by atoms with Crippen LogP contribution in [0.25, 0.3) is 0 Å². The summed E-state index contributed by atoms with van der Waals surface area (Å²) in [4.78, 5) is 14.1. The maximum Gasteiger partial charge on any atom is 0.317 e. The molecule has 2 amide bonds. The summed E-state index contributed by atoms with van der Waals surface area (Å²) in [5, 5.41) is 3.02. The molecule has 0 aromatic heterocycles. The van der Waals surface area contributed by atoms with Crippen LogP contribution >= 0.6 is 0 Å². The lowest BCUT2D eigenvalue weighted by Crippen LogP contribution is -2.47. The Morgan fingerprint density at radius 1 is 1.15 bits per heavy atom. The summed E-state index contributed by atoms with van der Waals surface area (Å²) in [6, 6.07) is 10.1. The SMILES string of the molecule is CCC1(CC)CCN(C(=O)NCc2ccccc2)CC1. The predicted molar refractivity (Wildman–Crippen MR) is 82.5 cm³/mol. The lowest BCUT2D eigenvalue weighted by Gasteiger charge is -2.40. The summed E-state index contributed by atoms with van der Waals surface area (Å²) < 4.78 is 0. The van der Waals surface area contributed by atoms with E-state index in [4.69, 9.17) is 0 Å². The van der Waals surface area contributed by atoms with E-state index in [0.29, 0.717) is 12.0 Å². The first kappa shape index (κ1) is 14.9. The van der Waals surface area contributed by atoms with E-state index in [9.17, 15) is 4.79 Å². The number of likely N-dealkylation sites (tertiary alicyclic amines) is 1. The molecule has 1 saturated heterocycles. The molecule has 2 rings (SSSR count). The Hall–Kier alpha value is -1.51. The standard InChI is InChI=1S/C17H26N2O/c1-3-17(4-2)10-12-19(13-11-17)16(20)18-14-15-8-6-5-7-9-15/h5-9H,3-4,10-14H2,1-2H3,(H,18,20). The third-order valence-electron chi connectivity index (χ3n) is 4.90. The maximum absolute atomic E-state index is 12.2. The van der Waals surface area contributed by atoms with Crippen LogP contribution in [0.15, 0.2) is 30.3 Å². The second-order valence-electron chi connectivity index (χ2n) is 5.84. The Morgan fingerprint density at radius 3 is 2.30 bits per heavy atom. The van der Waals surface area contributed by atoms with Crippen molar-refractivity contribution in [3.05, 3.63) is 35.9 Å². The van der Waals surface area contributed by atoms with Crippen LogP contribution in [-0.4, -0.2) is 24.0 Å². The first-order valence-electron chi connectivity index (χ1n) is 7.76. The average molecular weight is 274 g/mol. The Balaban J connectivity index is 1.80. The quantitative estimate of drug-likeness (QED) is 0.890. The zero-order valence-corrected chi connectivity index (χ0v) is 12.7. The van der Waals surface area contributed by atoms with Gasteiger partial charge in [-0.05, 0) is 23.8 Å². The van der Waals surface area contributed by atoms with Crippen molar-refractivity contribution in [2.45, 2.75) is 46.1 Å². The number of nitrogens with one attached hydrogen (secondary N) is 1. The molecule has 0 bridgehead atoms. The van der Waals surface area contributed by atoms with E-state index in [1.807, 2.05) is 35.2 Å². The van der Waals surface area contributed by atoms with Gasteiger partial charge >= 0.3 is 6.03 Å². The average Bonchev–Trinajstić information content (AvgIpc) is 2.53. The van der Waals surface area contributed by atoms with Gasteiger partial charge in [-0.1, -0.05) is 57.0 Å². The van der Waals surface area contributed by atoms with Crippen molar-refractivity contribution in [2.75, 3.05) is 13.1 Å². The largest absolute Gasteiger partial charge is 0.334 e. The van der Waals surface area contributed by atoms with Gasteiger partial charge in [0.15, 0.2) is 0 Å². The smallest absolute Gasteiger partial charge is 0.317 e. The number of amides is 2. The van der Waals surface area contributed by atoms with Crippen LogP contribution in [0.1, 0.15) is 45.1 Å². The second-order valence-corrected chi connectivity index (χ2v) is 5.84. The summed E-state index contributed by atoms with van der Waals surface area (Å²) in [7, 11) is 0. The van der Waals surface area contributed by atoms with Crippen LogP contribution < -0.4 is 5.32 Å². The molecule has 0 radical (unpaired) electrons. The first-order valence-corrected chi connectivity index (χ1v) is 7.76. The summed E-state index contributed by atoms with van der Waals surface area (Å²) >= 11 is 0. The summed E-state index contributed by atoms with van der Waals surface area (Å²) in [5.74, 6) is 0. The third kappa shape index (κ3) is 3.53. The van der Waals surface area contributed by atoms with Crippen molar-refractivity contribution in [2.24, 2.45) is 5.41 Å². The van der Waals surface area contributed by atoms with Gasteiger partial charge in [0.05, 0.1) is 0 Å². The van der Waals surface area contributed by atoms with Crippen LogP contribution in [0.3, 0.4) is 0 Å². The van der Waals surface area contributed by atoms with Gasteiger partial charge in [-0.2, -0.15) is 0 Å². The minimum atomic E-state index is 0.0784. The molecule has 1 aliphatic heterocycles. The number of benzene rings is 1. The Kier molecular flexibility index (Phi) is 5.05. The van der Waals surface area contributed by atoms with E-state index in [-0.39, 0.29) is 6.03 Å². The number of hydrogen-bond donors (Lipinski definition) is 1. The molecule has 1 heterocycles. The molecule has 1 aliphatic rings. The van der Waals surface area contributed by atoms with Gasteiger partial charge < -0.3 is 10.2 Å². The van der Waals surface area contributed by atoms with E-state index in [0.717, 1.165) is 31.5 Å². The lowest BCUT2D eigenvalue weighted by atomic mass is 9.74. The summed E-state index contributed by atoms with van der Waals surface area (Å²) in [6.07, 6.45) is 4.73. The highest BCUT2D eigenvalue weighted by Gasteiger charge is 2.32. The Labute approximate surface area is 122 Å². The fourth-order valence-electron chi connectivity index (χ4n) is 3.03. The number of nitrogens with zero attached hydrogens (tertiary/aromatic N) is 1. The van der Waals surface area contributed by atoms with Gasteiger partial charge in [-0.25, -0.2) is 4.79 Å². The molecule has 1 fully saturated rings. The van der Waals surface area contributed by atoms with Gasteiger partial charge in [0.1, 0.15) is 0 Å². The normalized spacial score (nSPS) is 17.8. The molecular formula is C17H26N2O. The van der Waals surface area contributed by atoms with Crippen molar-refractivity contribution >= 4 is 6.03 Å². The molecule has 1 aromatic carbocycles. The number of rotatable bonds is 4. The molecule has 20 heavy (non-hydrogen) atoms. The van der Waals surface area contributed by atoms with E-state index < -0.39 is 0 Å². The fourth-order valence-corrected chi connectivity index (χ4v) is 3.03. The van der Waals surface area contributed by atoms with Crippen molar-refractivity contribution in [1.29, 1.82) is 0 Å². The van der Waals surface area contributed by atoms with E-state index in [2.05, 4.69) is 19.2 Å². The molecular weight excluding hydrogens is 248 g/mol. The topological polar surface area (TPSA) is 32.3 Å². The van der Waals surface area contributed by atoms with Crippen molar-refractivity contribution in [3.8, 4) is 0 Å². The van der Waals surface area contributed by atoms with Crippen LogP contribution in [0.5, 0.6) is 0 Å². The van der Waals surface area contributed by atoms with Crippen LogP contribution in [0.2, 0.25) is 0 Å². The maximum atomic E-state index is 12.2. The molecule has 0 unspecified atom stereocenters. The molecule has 0 saturated carbocycles. The number of hydrogen-bond acceptors (Lipinski definition) is 1. The van der Waals surface area contributed by atoms with Gasteiger partial charge in [0, 0.05) is 19.6 Å². The van der Waals surface area contributed by atoms with Crippen LogP contribution in [0.4, 0.5) is 4.79 Å². The molecule has 3 heteroatoms. The number of piperidine rings is 1. The third-order valence-corrected chi connectivity index (χ3v) is 4.90. The molecule has 1 aromatic rings. The first-order chi connectivity index (χ1) is 9.69. The molecule has 0 atom stereocenters. The Morgan fingerprint density at radius 2 is 1.75 bits per heavy atom. The highest BCUT2D eigenvalue weighted by molar-refractivity contribution is 5.74. The van der Waals surface area contributed by atoms with Gasteiger partial charge in [-0.15, -0.1) is 0 Å². The van der Waals surface area contributed by atoms with Crippen molar-refractivity contribution in [3.63, 3.8) is 0 Å². The van der Waals surface area contributed by atoms with Gasteiger partial charge in [0.25, 0.3) is 0 Å².